The first kappa shape index (κ1) is 23.7. The molecule has 0 aliphatic carbocycles. The number of rotatable bonds is 6. The zero-order chi connectivity index (χ0) is 24.0. The Labute approximate surface area is 199 Å². The van der Waals surface area contributed by atoms with Crippen molar-refractivity contribution in [3.05, 3.63) is 90.0 Å². The lowest BCUT2D eigenvalue weighted by atomic mass is 10.2. The number of hydrogen-bond donors (Lipinski definition) is 2. The molecule has 0 radical (unpaired) electrons. The van der Waals surface area contributed by atoms with E-state index >= 15 is 0 Å². The molecule has 2 amide bonds. The van der Waals surface area contributed by atoms with E-state index in [1.165, 1.54) is 16.4 Å². The summed E-state index contributed by atoms with van der Waals surface area (Å²) in [4.78, 5) is 25.2. The highest BCUT2D eigenvalue weighted by Crippen LogP contribution is 2.22. The maximum atomic E-state index is 13.1. The summed E-state index contributed by atoms with van der Waals surface area (Å²) in [5.41, 5.74) is 1.94. The predicted molar refractivity (Wildman–Crippen MR) is 132 cm³/mol. The largest absolute Gasteiger partial charge is 0.322 e. The summed E-state index contributed by atoms with van der Waals surface area (Å²) in [7, 11) is -3.64. The fourth-order valence-corrected chi connectivity index (χ4v) is 5.43. The maximum Gasteiger partial charge on any atom is 0.255 e. The number of nitrogens with zero attached hydrogens (tertiary/aromatic N) is 1. The Morgan fingerprint density at radius 3 is 1.76 bits per heavy atom. The van der Waals surface area contributed by atoms with Gasteiger partial charge in [0.05, 0.1) is 4.90 Å². The van der Waals surface area contributed by atoms with Gasteiger partial charge in [-0.2, -0.15) is 4.31 Å². The molecule has 1 saturated heterocycles. The van der Waals surface area contributed by atoms with Gasteiger partial charge < -0.3 is 10.6 Å². The van der Waals surface area contributed by atoms with Gasteiger partial charge >= 0.3 is 0 Å². The van der Waals surface area contributed by atoms with Crippen LogP contribution in [0.15, 0.2) is 83.8 Å². The quantitative estimate of drug-likeness (QED) is 0.535. The number of benzene rings is 3. The molecule has 0 aromatic heterocycles. The van der Waals surface area contributed by atoms with Gasteiger partial charge in [0.25, 0.3) is 11.8 Å². The van der Waals surface area contributed by atoms with E-state index in [1.807, 2.05) is 6.07 Å². The van der Waals surface area contributed by atoms with Crippen molar-refractivity contribution in [1.82, 2.24) is 4.31 Å². The Balaban J connectivity index is 1.42. The number of nitrogens with one attached hydrogen (secondary N) is 2. The minimum absolute atomic E-state index is 0.126. The van der Waals surface area contributed by atoms with Crippen LogP contribution in [0.3, 0.4) is 0 Å². The van der Waals surface area contributed by atoms with E-state index in [9.17, 15) is 18.0 Å². The third-order valence-electron chi connectivity index (χ3n) is 5.74. The van der Waals surface area contributed by atoms with Crippen molar-refractivity contribution >= 4 is 33.2 Å². The molecule has 2 N–H and O–H groups in total. The number of amides is 2. The summed E-state index contributed by atoms with van der Waals surface area (Å²) < 4.78 is 27.6. The molecule has 8 heteroatoms. The predicted octanol–water partition coefficient (Wildman–Crippen LogP) is 4.76. The van der Waals surface area contributed by atoms with Gasteiger partial charge in [0.2, 0.25) is 10.0 Å². The fourth-order valence-electron chi connectivity index (χ4n) is 3.86. The molecule has 0 atom stereocenters. The van der Waals surface area contributed by atoms with Crippen molar-refractivity contribution in [2.75, 3.05) is 23.7 Å². The van der Waals surface area contributed by atoms with E-state index in [1.54, 1.807) is 60.7 Å². The van der Waals surface area contributed by atoms with E-state index in [-0.39, 0.29) is 16.4 Å². The topological polar surface area (TPSA) is 95.6 Å². The van der Waals surface area contributed by atoms with Crippen molar-refractivity contribution in [2.45, 2.75) is 30.6 Å². The van der Waals surface area contributed by atoms with Crippen molar-refractivity contribution in [3.63, 3.8) is 0 Å². The van der Waals surface area contributed by atoms with Gasteiger partial charge in [0.1, 0.15) is 0 Å². The van der Waals surface area contributed by atoms with Crippen LogP contribution in [0.25, 0.3) is 0 Å². The van der Waals surface area contributed by atoms with Crippen LogP contribution in [0.2, 0.25) is 0 Å². The minimum Gasteiger partial charge on any atom is -0.322 e. The average Bonchev–Trinajstić information content (AvgIpc) is 3.16. The summed E-state index contributed by atoms with van der Waals surface area (Å²) in [5, 5.41) is 5.59. The zero-order valence-electron chi connectivity index (χ0n) is 18.7. The normalized spacial score (nSPS) is 14.7. The van der Waals surface area contributed by atoms with Crippen LogP contribution in [0, 0.1) is 0 Å². The van der Waals surface area contributed by atoms with Gasteiger partial charge in [-0.3, -0.25) is 9.59 Å². The number of hydrogen-bond acceptors (Lipinski definition) is 4. The molecule has 1 aliphatic rings. The minimum atomic E-state index is -3.64. The number of carbonyl (C=O) groups is 2. The molecular weight excluding hydrogens is 450 g/mol. The SMILES string of the molecule is O=C(Nc1ccc(NC(=O)c2cccc(S(=O)(=O)N3CCCCCC3)c2)cc1)c1ccccc1. The molecule has 0 unspecified atom stereocenters. The first-order valence-corrected chi connectivity index (χ1v) is 12.8. The number of sulfonamides is 1. The summed E-state index contributed by atoms with van der Waals surface area (Å²) >= 11 is 0. The molecule has 0 saturated carbocycles. The molecule has 1 fully saturated rings. The lowest BCUT2D eigenvalue weighted by molar-refractivity contribution is 0.101. The second-order valence-electron chi connectivity index (χ2n) is 8.20. The Morgan fingerprint density at radius 1 is 0.647 bits per heavy atom. The molecule has 0 bridgehead atoms. The number of anilines is 2. The fraction of sp³-hybridized carbons (Fsp3) is 0.231. The van der Waals surface area contributed by atoms with Crippen LogP contribution in [0.5, 0.6) is 0 Å². The first-order chi connectivity index (χ1) is 16.4. The highest BCUT2D eigenvalue weighted by molar-refractivity contribution is 7.89. The van der Waals surface area contributed by atoms with Gasteiger partial charge in [0.15, 0.2) is 0 Å². The molecule has 0 spiro atoms. The molecule has 176 valence electrons. The third-order valence-corrected chi connectivity index (χ3v) is 7.63. The summed E-state index contributed by atoms with van der Waals surface area (Å²) in [6, 6.07) is 21.7. The van der Waals surface area contributed by atoms with Crippen molar-refractivity contribution in [1.29, 1.82) is 0 Å². The molecule has 1 heterocycles. The Hall–Kier alpha value is -3.49. The van der Waals surface area contributed by atoms with Gasteiger partial charge in [-0.25, -0.2) is 8.42 Å². The van der Waals surface area contributed by atoms with Crippen LogP contribution >= 0.6 is 0 Å². The van der Waals surface area contributed by atoms with E-state index in [0.717, 1.165) is 25.7 Å². The van der Waals surface area contributed by atoms with Gasteiger partial charge in [-0.1, -0.05) is 37.1 Å². The molecule has 34 heavy (non-hydrogen) atoms. The Morgan fingerprint density at radius 2 is 1.18 bits per heavy atom. The van der Waals surface area contributed by atoms with Gasteiger partial charge in [-0.05, 0) is 67.4 Å². The third kappa shape index (κ3) is 5.70. The first-order valence-electron chi connectivity index (χ1n) is 11.3. The number of carbonyl (C=O) groups excluding carboxylic acids is 2. The Kier molecular flexibility index (Phi) is 7.40. The Bertz CT molecular complexity index is 1250. The monoisotopic (exact) mass is 477 g/mol. The standard InChI is InChI=1S/C26H27N3O4S/c30-25(20-9-4-3-5-10-20)27-22-13-15-23(16-14-22)28-26(31)21-11-8-12-24(19-21)34(32,33)29-17-6-1-2-7-18-29/h3-5,8-16,19H,1-2,6-7,17-18H2,(H,27,30)(H,28,31). The van der Waals surface area contributed by atoms with Crippen LogP contribution in [-0.4, -0.2) is 37.6 Å². The smallest absolute Gasteiger partial charge is 0.255 e. The van der Waals surface area contributed by atoms with E-state index < -0.39 is 15.9 Å². The van der Waals surface area contributed by atoms with Gasteiger partial charge in [0, 0.05) is 35.6 Å². The summed E-state index contributed by atoms with van der Waals surface area (Å²) in [6.07, 6.45) is 3.76. The summed E-state index contributed by atoms with van der Waals surface area (Å²) in [6.45, 7) is 1.01. The van der Waals surface area contributed by atoms with Crippen LogP contribution < -0.4 is 10.6 Å². The van der Waals surface area contributed by atoms with Crippen molar-refractivity contribution in [3.8, 4) is 0 Å². The molecule has 3 aromatic rings. The van der Waals surface area contributed by atoms with Crippen molar-refractivity contribution in [2.24, 2.45) is 0 Å². The van der Waals surface area contributed by atoms with E-state index in [4.69, 9.17) is 0 Å². The van der Waals surface area contributed by atoms with Crippen LogP contribution in [0.4, 0.5) is 11.4 Å². The summed E-state index contributed by atoms with van der Waals surface area (Å²) in [5.74, 6) is -0.631. The molecule has 4 rings (SSSR count). The van der Waals surface area contributed by atoms with E-state index in [0.29, 0.717) is 30.0 Å². The zero-order valence-corrected chi connectivity index (χ0v) is 19.6. The van der Waals surface area contributed by atoms with Crippen LogP contribution in [0.1, 0.15) is 46.4 Å². The molecule has 7 nitrogen and oxygen atoms in total. The lowest BCUT2D eigenvalue weighted by Gasteiger charge is -2.20. The van der Waals surface area contributed by atoms with Crippen LogP contribution in [-0.2, 0) is 10.0 Å². The van der Waals surface area contributed by atoms with Crippen molar-refractivity contribution < 1.29 is 18.0 Å². The molecule has 3 aromatic carbocycles. The highest BCUT2D eigenvalue weighted by atomic mass is 32.2. The van der Waals surface area contributed by atoms with E-state index in [2.05, 4.69) is 10.6 Å². The lowest BCUT2D eigenvalue weighted by Crippen LogP contribution is -2.32. The second-order valence-corrected chi connectivity index (χ2v) is 10.1. The second kappa shape index (κ2) is 10.6. The highest BCUT2D eigenvalue weighted by Gasteiger charge is 2.25. The maximum absolute atomic E-state index is 13.1. The van der Waals surface area contributed by atoms with Gasteiger partial charge in [-0.15, -0.1) is 0 Å². The molecule has 1 aliphatic heterocycles. The average molecular weight is 478 g/mol. The molecular formula is C26H27N3O4S.